The number of rotatable bonds is 5. The molecule has 0 radical (unpaired) electrons. The summed E-state index contributed by atoms with van der Waals surface area (Å²) in [6.45, 7) is 7.71. The number of nitrogens with one attached hydrogen (secondary N) is 1. The molecule has 1 heterocycles. The molecule has 14 heavy (non-hydrogen) atoms. The zero-order chi connectivity index (χ0) is 10.6. The van der Waals surface area contributed by atoms with E-state index in [1.54, 1.807) is 0 Å². The average Bonchev–Trinajstić information content (AvgIpc) is 2.60. The highest BCUT2D eigenvalue weighted by atomic mass is 16.5. The van der Waals surface area contributed by atoms with E-state index >= 15 is 0 Å². The second-order valence-electron chi connectivity index (χ2n) is 4.53. The molecule has 0 bridgehead atoms. The second-order valence-corrected chi connectivity index (χ2v) is 4.53. The highest BCUT2D eigenvalue weighted by Crippen LogP contribution is 2.28. The van der Waals surface area contributed by atoms with Crippen LogP contribution in [0.5, 0.6) is 0 Å². The summed E-state index contributed by atoms with van der Waals surface area (Å²) >= 11 is 0. The molecule has 0 aromatic rings. The highest BCUT2D eigenvalue weighted by molar-refractivity contribution is 4.85. The van der Waals surface area contributed by atoms with Crippen LogP contribution in [0.2, 0.25) is 0 Å². The van der Waals surface area contributed by atoms with Gasteiger partial charge in [0.05, 0.1) is 12.7 Å². The van der Waals surface area contributed by atoms with Crippen molar-refractivity contribution >= 4 is 0 Å². The van der Waals surface area contributed by atoms with Gasteiger partial charge in [-0.2, -0.15) is 0 Å². The SMILES string of the molecule is CCC(CC)C(NC)C1COC(C)C1. The van der Waals surface area contributed by atoms with Crippen molar-refractivity contribution in [2.75, 3.05) is 13.7 Å². The van der Waals surface area contributed by atoms with Crippen LogP contribution in [0, 0.1) is 11.8 Å². The van der Waals surface area contributed by atoms with Gasteiger partial charge in [0.25, 0.3) is 0 Å². The number of hydrogen-bond donors (Lipinski definition) is 1. The van der Waals surface area contributed by atoms with Crippen LogP contribution >= 0.6 is 0 Å². The molecule has 1 aliphatic rings. The molecular formula is C12H25NO. The lowest BCUT2D eigenvalue weighted by Gasteiger charge is -2.29. The first-order valence-electron chi connectivity index (χ1n) is 6.01. The molecule has 2 heteroatoms. The molecule has 0 saturated carbocycles. The molecule has 3 unspecified atom stereocenters. The van der Waals surface area contributed by atoms with Gasteiger partial charge in [-0.25, -0.2) is 0 Å². The normalized spacial score (nSPS) is 29.8. The van der Waals surface area contributed by atoms with Gasteiger partial charge in [-0.05, 0) is 26.3 Å². The van der Waals surface area contributed by atoms with Crippen LogP contribution in [-0.2, 0) is 4.74 Å². The molecule has 2 nitrogen and oxygen atoms in total. The van der Waals surface area contributed by atoms with Crippen molar-refractivity contribution in [3.63, 3.8) is 0 Å². The molecule has 0 aromatic carbocycles. The summed E-state index contributed by atoms with van der Waals surface area (Å²) in [6, 6.07) is 0.648. The van der Waals surface area contributed by atoms with Gasteiger partial charge in [0.1, 0.15) is 0 Å². The molecule has 1 rings (SSSR count). The van der Waals surface area contributed by atoms with E-state index in [4.69, 9.17) is 4.74 Å². The molecule has 3 atom stereocenters. The largest absolute Gasteiger partial charge is 0.378 e. The lowest BCUT2D eigenvalue weighted by atomic mass is 9.84. The maximum absolute atomic E-state index is 5.65. The summed E-state index contributed by atoms with van der Waals surface area (Å²) in [4.78, 5) is 0. The predicted octanol–water partition coefficient (Wildman–Crippen LogP) is 2.44. The van der Waals surface area contributed by atoms with Crippen molar-refractivity contribution in [2.24, 2.45) is 11.8 Å². The van der Waals surface area contributed by atoms with E-state index in [1.807, 2.05) is 0 Å². The van der Waals surface area contributed by atoms with Crippen molar-refractivity contribution in [3.8, 4) is 0 Å². The Morgan fingerprint density at radius 2 is 2.00 bits per heavy atom. The lowest BCUT2D eigenvalue weighted by molar-refractivity contribution is 0.113. The first-order valence-corrected chi connectivity index (χ1v) is 6.01. The summed E-state index contributed by atoms with van der Waals surface area (Å²) < 4.78 is 5.65. The number of hydrogen-bond acceptors (Lipinski definition) is 2. The minimum atomic E-state index is 0.463. The zero-order valence-electron chi connectivity index (χ0n) is 10.0. The fourth-order valence-corrected chi connectivity index (χ4v) is 2.75. The van der Waals surface area contributed by atoms with Gasteiger partial charge >= 0.3 is 0 Å². The summed E-state index contributed by atoms with van der Waals surface area (Å²) in [5.41, 5.74) is 0. The van der Waals surface area contributed by atoms with E-state index in [0.717, 1.165) is 18.4 Å². The van der Waals surface area contributed by atoms with Crippen molar-refractivity contribution in [1.82, 2.24) is 5.32 Å². The maximum Gasteiger partial charge on any atom is 0.0551 e. The minimum absolute atomic E-state index is 0.463. The Morgan fingerprint density at radius 3 is 2.36 bits per heavy atom. The van der Waals surface area contributed by atoms with E-state index in [9.17, 15) is 0 Å². The van der Waals surface area contributed by atoms with Crippen LogP contribution in [-0.4, -0.2) is 25.8 Å². The van der Waals surface area contributed by atoms with Gasteiger partial charge in [-0.1, -0.05) is 26.7 Å². The van der Waals surface area contributed by atoms with Gasteiger partial charge in [-0.3, -0.25) is 0 Å². The van der Waals surface area contributed by atoms with Gasteiger partial charge in [0.15, 0.2) is 0 Å². The zero-order valence-corrected chi connectivity index (χ0v) is 10.0. The van der Waals surface area contributed by atoms with Gasteiger partial charge in [-0.15, -0.1) is 0 Å². The van der Waals surface area contributed by atoms with Crippen molar-refractivity contribution in [2.45, 2.75) is 52.2 Å². The van der Waals surface area contributed by atoms with Gasteiger partial charge in [0.2, 0.25) is 0 Å². The molecule has 1 aliphatic heterocycles. The second kappa shape index (κ2) is 5.72. The average molecular weight is 199 g/mol. The van der Waals surface area contributed by atoms with Crippen LogP contribution in [0.25, 0.3) is 0 Å². The third kappa shape index (κ3) is 2.71. The Bertz CT molecular complexity index is 156. The van der Waals surface area contributed by atoms with E-state index in [2.05, 4.69) is 33.1 Å². The first-order chi connectivity index (χ1) is 6.72. The molecule has 0 amide bonds. The fraction of sp³-hybridized carbons (Fsp3) is 1.00. The van der Waals surface area contributed by atoms with Crippen molar-refractivity contribution < 1.29 is 4.74 Å². The summed E-state index contributed by atoms with van der Waals surface area (Å²) in [5.74, 6) is 1.53. The van der Waals surface area contributed by atoms with Crippen LogP contribution in [0.3, 0.4) is 0 Å². The molecule has 0 aromatic heterocycles. The predicted molar refractivity (Wildman–Crippen MR) is 60.4 cm³/mol. The van der Waals surface area contributed by atoms with Crippen LogP contribution in [0.4, 0.5) is 0 Å². The summed E-state index contributed by atoms with van der Waals surface area (Å²) in [7, 11) is 2.09. The summed E-state index contributed by atoms with van der Waals surface area (Å²) in [5, 5.41) is 3.49. The van der Waals surface area contributed by atoms with Crippen LogP contribution in [0.1, 0.15) is 40.0 Å². The van der Waals surface area contributed by atoms with Gasteiger partial charge in [0, 0.05) is 12.0 Å². The highest BCUT2D eigenvalue weighted by Gasteiger charge is 2.32. The molecule has 84 valence electrons. The summed E-state index contributed by atoms with van der Waals surface area (Å²) in [6.07, 6.45) is 4.23. The van der Waals surface area contributed by atoms with Crippen LogP contribution in [0.15, 0.2) is 0 Å². The molecule has 1 N–H and O–H groups in total. The quantitative estimate of drug-likeness (QED) is 0.734. The Morgan fingerprint density at radius 1 is 1.36 bits per heavy atom. The Kier molecular flexibility index (Phi) is 4.90. The lowest BCUT2D eigenvalue weighted by Crippen LogP contribution is -2.40. The van der Waals surface area contributed by atoms with Crippen molar-refractivity contribution in [3.05, 3.63) is 0 Å². The third-order valence-corrected chi connectivity index (χ3v) is 3.63. The van der Waals surface area contributed by atoms with E-state index in [-0.39, 0.29) is 0 Å². The van der Waals surface area contributed by atoms with E-state index in [1.165, 1.54) is 19.3 Å². The minimum Gasteiger partial charge on any atom is -0.378 e. The maximum atomic E-state index is 5.65. The Balaban J connectivity index is 2.52. The first kappa shape index (κ1) is 12.0. The Hall–Kier alpha value is -0.0800. The smallest absolute Gasteiger partial charge is 0.0551 e. The molecule has 0 aliphatic carbocycles. The molecular weight excluding hydrogens is 174 g/mol. The monoisotopic (exact) mass is 199 g/mol. The molecule has 1 saturated heterocycles. The molecule has 1 fully saturated rings. The van der Waals surface area contributed by atoms with Crippen molar-refractivity contribution in [1.29, 1.82) is 0 Å². The van der Waals surface area contributed by atoms with Crippen LogP contribution < -0.4 is 5.32 Å². The third-order valence-electron chi connectivity index (χ3n) is 3.63. The topological polar surface area (TPSA) is 21.3 Å². The molecule has 0 spiro atoms. The fourth-order valence-electron chi connectivity index (χ4n) is 2.75. The standard InChI is InChI=1S/C12H25NO/c1-5-10(6-2)12(13-4)11-7-9(3)14-8-11/h9-13H,5-8H2,1-4H3. The van der Waals surface area contributed by atoms with E-state index in [0.29, 0.717) is 12.1 Å². The van der Waals surface area contributed by atoms with E-state index < -0.39 is 0 Å². The van der Waals surface area contributed by atoms with Gasteiger partial charge < -0.3 is 10.1 Å². The number of ether oxygens (including phenoxy) is 1. The Labute approximate surface area is 88.4 Å².